The number of nitrogens with zero attached hydrogens (tertiary/aromatic N) is 3. The van der Waals surface area contributed by atoms with Crippen LogP contribution in [-0.4, -0.2) is 85.3 Å². The first-order valence-electron chi connectivity index (χ1n) is 15.0. The average Bonchev–Trinajstić information content (AvgIpc) is 3.82. The van der Waals surface area contributed by atoms with Crippen LogP contribution in [0.5, 0.6) is 5.75 Å². The second kappa shape index (κ2) is 11.9. The lowest BCUT2D eigenvalue weighted by molar-refractivity contribution is -0.153. The number of ether oxygens (including phenoxy) is 3. The quantitative estimate of drug-likeness (QED) is 0.354. The molecular weight excluding hydrogens is 546 g/mol. The molecule has 0 N–H and O–H groups in total. The minimum atomic E-state index is -1.31. The Morgan fingerprint density at radius 1 is 0.930 bits per heavy atom. The molecule has 2 aliphatic heterocycles. The Kier molecular flexibility index (Phi) is 8.01. The fraction of sp³-hybridized carbons (Fsp3) is 0.441. The van der Waals surface area contributed by atoms with Crippen LogP contribution >= 0.6 is 0 Å². The average molecular weight is 586 g/mol. The highest BCUT2D eigenvalue weighted by Gasteiger charge is 2.64. The van der Waals surface area contributed by atoms with Gasteiger partial charge in [0.2, 0.25) is 0 Å². The van der Waals surface area contributed by atoms with Gasteiger partial charge in [-0.25, -0.2) is 4.79 Å². The second-order valence-corrected chi connectivity index (χ2v) is 11.7. The van der Waals surface area contributed by atoms with Gasteiger partial charge in [-0.15, -0.1) is 0 Å². The van der Waals surface area contributed by atoms with Crippen LogP contribution in [0, 0.1) is 5.92 Å². The number of esters is 1. The van der Waals surface area contributed by atoms with Crippen molar-refractivity contribution in [3.63, 3.8) is 0 Å². The first kappa shape index (κ1) is 29.0. The summed E-state index contributed by atoms with van der Waals surface area (Å²) in [6.07, 6.45) is 2.91. The molecule has 3 aliphatic rings. The number of rotatable bonds is 9. The summed E-state index contributed by atoms with van der Waals surface area (Å²) in [6, 6.07) is 18.7. The van der Waals surface area contributed by atoms with E-state index in [-0.39, 0.29) is 30.1 Å². The molecule has 0 bridgehead atoms. The van der Waals surface area contributed by atoms with Crippen LogP contribution in [0.4, 0.5) is 0 Å². The molecule has 1 aromatic heterocycles. The molecule has 0 radical (unpaired) electrons. The second-order valence-electron chi connectivity index (χ2n) is 11.7. The van der Waals surface area contributed by atoms with Crippen molar-refractivity contribution in [1.29, 1.82) is 0 Å². The van der Waals surface area contributed by atoms with Crippen molar-refractivity contribution in [3.8, 4) is 5.75 Å². The number of aromatic nitrogens is 1. The van der Waals surface area contributed by atoms with Gasteiger partial charge in [0.1, 0.15) is 11.4 Å². The molecule has 3 aromatic rings. The van der Waals surface area contributed by atoms with Gasteiger partial charge in [-0.05, 0) is 66.6 Å². The summed E-state index contributed by atoms with van der Waals surface area (Å²) >= 11 is 0. The summed E-state index contributed by atoms with van der Waals surface area (Å²) < 4.78 is 18.5. The van der Waals surface area contributed by atoms with Crippen LogP contribution in [0.3, 0.4) is 0 Å². The minimum Gasteiger partial charge on any atom is -0.497 e. The lowest BCUT2D eigenvalue weighted by Crippen LogP contribution is -2.58. The Morgan fingerprint density at radius 2 is 1.65 bits per heavy atom. The lowest BCUT2D eigenvalue weighted by atomic mass is 9.75. The van der Waals surface area contributed by atoms with Crippen LogP contribution < -0.4 is 4.74 Å². The van der Waals surface area contributed by atoms with Crippen molar-refractivity contribution >= 4 is 17.8 Å². The van der Waals surface area contributed by atoms with E-state index >= 15 is 0 Å². The predicted molar refractivity (Wildman–Crippen MR) is 160 cm³/mol. The Balaban J connectivity index is 1.50. The summed E-state index contributed by atoms with van der Waals surface area (Å²) in [6.45, 7) is 2.89. The topological polar surface area (TPSA) is 90.3 Å². The maximum absolute atomic E-state index is 14.2. The van der Waals surface area contributed by atoms with E-state index in [0.29, 0.717) is 43.1 Å². The number of hydrogen-bond acceptors (Lipinski definition) is 6. The summed E-state index contributed by atoms with van der Waals surface area (Å²) in [5, 5.41) is 0. The van der Waals surface area contributed by atoms with Gasteiger partial charge < -0.3 is 28.6 Å². The van der Waals surface area contributed by atoms with Crippen molar-refractivity contribution in [1.82, 2.24) is 14.4 Å². The fourth-order valence-corrected chi connectivity index (χ4v) is 7.55. The summed E-state index contributed by atoms with van der Waals surface area (Å²) in [5.41, 5.74) is 2.72. The molecule has 1 aliphatic carbocycles. The summed E-state index contributed by atoms with van der Waals surface area (Å²) in [5.74, 6) is -0.305. The first-order valence-corrected chi connectivity index (χ1v) is 15.0. The number of methoxy groups -OCH3 is 3. The zero-order valence-corrected chi connectivity index (χ0v) is 25.1. The van der Waals surface area contributed by atoms with Gasteiger partial charge in [0, 0.05) is 56.9 Å². The van der Waals surface area contributed by atoms with E-state index in [1.54, 1.807) is 31.3 Å². The Labute approximate surface area is 252 Å². The zero-order chi connectivity index (χ0) is 30.1. The highest BCUT2D eigenvalue weighted by atomic mass is 16.5. The van der Waals surface area contributed by atoms with E-state index in [1.165, 1.54) is 7.11 Å². The molecule has 0 unspecified atom stereocenters. The van der Waals surface area contributed by atoms with Gasteiger partial charge in [-0.2, -0.15) is 0 Å². The third-order valence-electron chi connectivity index (χ3n) is 9.49. The third kappa shape index (κ3) is 4.89. The summed E-state index contributed by atoms with van der Waals surface area (Å²) in [4.78, 5) is 45.9. The number of carbonyl (C=O) groups excluding carboxylic acids is 3. The van der Waals surface area contributed by atoms with E-state index in [9.17, 15) is 14.4 Å². The Bertz CT molecular complexity index is 1490. The smallest absolute Gasteiger partial charge is 0.332 e. The van der Waals surface area contributed by atoms with Gasteiger partial charge in [0.05, 0.1) is 20.8 Å². The molecule has 3 atom stereocenters. The molecule has 43 heavy (non-hydrogen) atoms. The molecule has 2 saturated heterocycles. The minimum absolute atomic E-state index is 0.00795. The molecule has 2 fully saturated rings. The summed E-state index contributed by atoms with van der Waals surface area (Å²) in [7, 11) is 4.66. The number of benzene rings is 2. The molecule has 0 saturated carbocycles. The van der Waals surface area contributed by atoms with Crippen LogP contribution in [-0.2, 0) is 33.7 Å². The predicted octanol–water partition coefficient (Wildman–Crippen LogP) is 3.95. The largest absolute Gasteiger partial charge is 0.497 e. The molecule has 0 spiro atoms. The van der Waals surface area contributed by atoms with Crippen molar-refractivity contribution in [2.24, 2.45) is 5.92 Å². The van der Waals surface area contributed by atoms with E-state index in [0.717, 1.165) is 42.8 Å². The monoisotopic (exact) mass is 585 g/mol. The highest BCUT2D eigenvalue weighted by Crippen LogP contribution is 2.55. The van der Waals surface area contributed by atoms with Crippen molar-refractivity contribution in [3.05, 3.63) is 88.7 Å². The maximum atomic E-state index is 14.2. The van der Waals surface area contributed by atoms with E-state index in [4.69, 9.17) is 14.2 Å². The van der Waals surface area contributed by atoms with Crippen LogP contribution in [0.25, 0.3) is 0 Å². The van der Waals surface area contributed by atoms with Gasteiger partial charge in [-0.1, -0.05) is 30.3 Å². The van der Waals surface area contributed by atoms with Gasteiger partial charge >= 0.3 is 5.97 Å². The molecule has 2 aromatic carbocycles. The number of carbonyl (C=O) groups is 3. The van der Waals surface area contributed by atoms with Gasteiger partial charge in [0.25, 0.3) is 11.8 Å². The van der Waals surface area contributed by atoms with Gasteiger partial charge in [-0.3, -0.25) is 9.59 Å². The van der Waals surface area contributed by atoms with Crippen LogP contribution in [0.15, 0.2) is 60.7 Å². The van der Waals surface area contributed by atoms with Crippen molar-refractivity contribution in [2.75, 3.05) is 47.6 Å². The van der Waals surface area contributed by atoms with Crippen LogP contribution in [0.2, 0.25) is 0 Å². The zero-order valence-electron chi connectivity index (χ0n) is 25.1. The first-order chi connectivity index (χ1) is 20.9. The van der Waals surface area contributed by atoms with E-state index < -0.39 is 11.5 Å². The molecule has 9 nitrogen and oxygen atoms in total. The number of amides is 2. The normalized spacial score (nSPS) is 22.4. The fourth-order valence-electron chi connectivity index (χ4n) is 7.55. The lowest BCUT2D eigenvalue weighted by Gasteiger charge is -2.40. The Morgan fingerprint density at radius 3 is 2.30 bits per heavy atom. The molecule has 3 heterocycles. The molecule has 2 amide bonds. The highest BCUT2D eigenvalue weighted by molar-refractivity contribution is 6.00. The van der Waals surface area contributed by atoms with Gasteiger partial charge in [0.15, 0.2) is 5.54 Å². The van der Waals surface area contributed by atoms with Crippen molar-refractivity contribution in [2.45, 2.75) is 43.7 Å². The number of likely N-dealkylation sites (tertiary alicyclic amines) is 2. The van der Waals surface area contributed by atoms with Crippen LogP contribution in [0.1, 0.15) is 56.4 Å². The molecular formula is C34H39N3O6. The number of hydrogen-bond donors (Lipinski definition) is 0. The number of fused-ring (bicyclic) bond motifs is 3. The molecule has 6 rings (SSSR count). The SMILES string of the molecule is COCCn1c(C(=O)N2CCCC2)cc2c1C[C@H]1CN(C(=O)c3ccccc3)[C@@](Cc3ccc(OC)cc3)(C(=O)OC)[C@@H]21. The maximum Gasteiger partial charge on any atom is 0.332 e. The third-order valence-corrected chi connectivity index (χ3v) is 9.49. The van der Waals surface area contributed by atoms with Crippen molar-refractivity contribution < 1.29 is 28.6 Å². The van der Waals surface area contributed by atoms with E-state index in [1.807, 2.05) is 53.4 Å². The standard InChI is InChI=1S/C34H39N3O6/c1-41-18-17-36-28-19-25-22-37(31(38)24-9-5-4-6-10-24)34(33(40)43-3,21-23-11-13-26(42-2)14-12-23)30(25)27(28)20-29(36)32(39)35-15-7-8-16-35/h4-6,9-14,20,25,30H,7-8,15-19,21-22H2,1-3H3/t25-,30+,34+/m0/s1. The molecule has 9 heteroatoms. The molecule has 226 valence electrons. The van der Waals surface area contributed by atoms with E-state index in [2.05, 4.69) is 4.57 Å². The Hall–Kier alpha value is -4.11.